The molecule has 1 N–H and O–H groups in total. The average molecular weight is 226 g/mol. The number of nitrogens with zero attached hydrogens (tertiary/aromatic N) is 4. The van der Waals surface area contributed by atoms with Gasteiger partial charge in [0, 0.05) is 12.6 Å². The lowest BCUT2D eigenvalue weighted by molar-refractivity contribution is -0.140. The largest absolute Gasteiger partial charge is 0.480 e. The quantitative estimate of drug-likeness (QED) is 0.809. The molecule has 0 aliphatic carbocycles. The normalized spacial score (nSPS) is 12.1. The minimum atomic E-state index is -0.836. The van der Waals surface area contributed by atoms with E-state index in [-0.39, 0.29) is 12.1 Å². The van der Waals surface area contributed by atoms with Gasteiger partial charge in [0.15, 0.2) is 0 Å². The van der Waals surface area contributed by atoms with Gasteiger partial charge < -0.3 is 9.67 Å². The van der Waals surface area contributed by atoms with Gasteiger partial charge in [-0.1, -0.05) is 0 Å². The summed E-state index contributed by atoms with van der Waals surface area (Å²) in [7, 11) is 1.84. The molecule has 0 radical (unpaired) electrons. The van der Waals surface area contributed by atoms with Crippen LogP contribution < -0.4 is 0 Å². The van der Waals surface area contributed by atoms with Crippen LogP contribution in [0.3, 0.4) is 0 Å². The maximum Gasteiger partial charge on any atom is 0.317 e. The number of carboxylic acids is 1. The zero-order valence-corrected chi connectivity index (χ0v) is 10.1. The summed E-state index contributed by atoms with van der Waals surface area (Å²) in [6.45, 7) is 6.41. The highest BCUT2D eigenvalue weighted by Gasteiger charge is 2.24. The van der Waals surface area contributed by atoms with E-state index in [1.807, 2.05) is 32.7 Å². The van der Waals surface area contributed by atoms with E-state index in [4.69, 9.17) is 5.11 Å². The van der Waals surface area contributed by atoms with Crippen molar-refractivity contribution in [1.82, 2.24) is 19.7 Å². The fourth-order valence-corrected chi connectivity index (χ4v) is 1.31. The van der Waals surface area contributed by atoms with E-state index in [1.165, 1.54) is 0 Å². The van der Waals surface area contributed by atoms with Crippen LogP contribution in [-0.4, -0.2) is 42.8 Å². The van der Waals surface area contributed by atoms with Crippen LogP contribution in [0, 0.1) is 0 Å². The van der Waals surface area contributed by atoms with Crippen LogP contribution in [0.4, 0.5) is 0 Å². The Morgan fingerprint density at radius 3 is 2.56 bits per heavy atom. The summed E-state index contributed by atoms with van der Waals surface area (Å²) >= 11 is 0. The molecule has 90 valence electrons. The average Bonchev–Trinajstić information content (AvgIpc) is 2.48. The zero-order valence-electron chi connectivity index (χ0n) is 10.1. The summed E-state index contributed by atoms with van der Waals surface area (Å²) in [6, 6.07) is 0. The Morgan fingerprint density at radius 2 is 2.19 bits per heavy atom. The van der Waals surface area contributed by atoms with Gasteiger partial charge in [-0.05, 0) is 20.8 Å². The van der Waals surface area contributed by atoms with Gasteiger partial charge in [-0.3, -0.25) is 9.69 Å². The Bertz CT molecular complexity index is 367. The molecule has 0 spiro atoms. The summed E-state index contributed by atoms with van der Waals surface area (Å²) in [6.07, 6.45) is 1.61. The third-order valence-electron chi connectivity index (χ3n) is 2.41. The second-order valence-electron chi connectivity index (χ2n) is 4.78. The molecule has 0 aliphatic heterocycles. The molecule has 1 rings (SSSR count). The van der Waals surface area contributed by atoms with Crippen LogP contribution in [0.25, 0.3) is 0 Å². The van der Waals surface area contributed by atoms with Gasteiger partial charge >= 0.3 is 5.97 Å². The maximum atomic E-state index is 10.8. The summed E-state index contributed by atoms with van der Waals surface area (Å²) < 4.78 is 1.79. The molecular weight excluding hydrogens is 208 g/mol. The Kier molecular flexibility index (Phi) is 3.64. The molecule has 6 nitrogen and oxygen atoms in total. The van der Waals surface area contributed by atoms with E-state index < -0.39 is 5.97 Å². The highest BCUT2D eigenvalue weighted by Crippen LogP contribution is 2.15. The Morgan fingerprint density at radius 1 is 1.56 bits per heavy atom. The Balaban J connectivity index is 2.79. The molecule has 0 fully saturated rings. The van der Waals surface area contributed by atoms with E-state index in [9.17, 15) is 4.79 Å². The minimum Gasteiger partial charge on any atom is -0.480 e. The first-order valence-corrected chi connectivity index (χ1v) is 5.10. The third-order valence-corrected chi connectivity index (χ3v) is 2.41. The van der Waals surface area contributed by atoms with Crippen LogP contribution in [-0.2, 0) is 18.4 Å². The molecule has 1 aromatic heterocycles. The summed E-state index contributed by atoms with van der Waals surface area (Å²) in [5.41, 5.74) is -0.218. The molecule has 0 atom stereocenters. The van der Waals surface area contributed by atoms with E-state index in [2.05, 4.69) is 10.2 Å². The first-order valence-electron chi connectivity index (χ1n) is 5.10. The predicted octanol–water partition coefficient (Wildman–Crippen LogP) is 0.500. The number of aryl methyl sites for hydroxylation is 1. The van der Waals surface area contributed by atoms with Gasteiger partial charge in [-0.2, -0.15) is 0 Å². The van der Waals surface area contributed by atoms with E-state index >= 15 is 0 Å². The standard InChI is InChI=1S/C10H18N4O2/c1-10(2,3)14(6-9(15)16)5-8-12-11-7-13(8)4/h7H,5-6H2,1-4H3,(H,15,16). The molecule has 6 heteroatoms. The molecule has 0 amide bonds. The van der Waals surface area contributed by atoms with Crippen LogP contribution in [0.2, 0.25) is 0 Å². The van der Waals surface area contributed by atoms with Crippen LogP contribution in [0.15, 0.2) is 6.33 Å². The van der Waals surface area contributed by atoms with Gasteiger partial charge in [-0.25, -0.2) is 0 Å². The lowest BCUT2D eigenvalue weighted by Gasteiger charge is -2.33. The van der Waals surface area contributed by atoms with E-state index in [0.29, 0.717) is 6.54 Å². The summed E-state index contributed by atoms with van der Waals surface area (Å²) in [5.74, 6) is -0.0757. The van der Waals surface area contributed by atoms with Crippen molar-refractivity contribution in [2.45, 2.75) is 32.9 Å². The fourth-order valence-electron chi connectivity index (χ4n) is 1.31. The number of carbonyl (C=O) groups is 1. The molecule has 1 aromatic rings. The molecule has 0 saturated carbocycles. The number of hydrogen-bond acceptors (Lipinski definition) is 4. The van der Waals surface area contributed by atoms with Gasteiger partial charge in [0.2, 0.25) is 0 Å². The smallest absolute Gasteiger partial charge is 0.317 e. The van der Waals surface area contributed by atoms with Crippen molar-refractivity contribution in [1.29, 1.82) is 0 Å². The number of aliphatic carboxylic acids is 1. The summed E-state index contributed by atoms with van der Waals surface area (Å²) in [5, 5.41) is 16.6. The predicted molar refractivity (Wildman–Crippen MR) is 58.8 cm³/mol. The maximum absolute atomic E-state index is 10.8. The number of rotatable bonds is 4. The minimum absolute atomic E-state index is 0.00361. The molecular formula is C10H18N4O2. The SMILES string of the molecule is Cn1cnnc1CN(CC(=O)O)C(C)(C)C. The van der Waals surface area contributed by atoms with Gasteiger partial charge in [0.1, 0.15) is 12.2 Å². The highest BCUT2D eigenvalue weighted by atomic mass is 16.4. The van der Waals surface area contributed by atoms with Crippen LogP contribution in [0.5, 0.6) is 0 Å². The van der Waals surface area contributed by atoms with Crippen LogP contribution >= 0.6 is 0 Å². The molecule has 0 unspecified atom stereocenters. The van der Waals surface area contributed by atoms with Crippen molar-refractivity contribution in [2.24, 2.45) is 7.05 Å². The number of carboxylic acid groups (broad SMARTS) is 1. The van der Waals surface area contributed by atoms with Crippen molar-refractivity contribution in [3.05, 3.63) is 12.2 Å². The fraction of sp³-hybridized carbons (Fsp3) is 0.700. The lowest BCUT2D eigenvalue weighted by atomic mass is 10.1. The second kappa shape index (κ2) is 4.61. The number of hydrogen-bond donors (Lipinski definition) is 1. The van der Waals surface area contributed by atoms with Crippen molar-refractivity contribution in [3.63, 3.8) is 0 Å². The third kappa shape index (κ3) is 3.30. The highest BCUT2D eigenvalue weighted by molar-refractivity contribution is 5.69. The first kappa shape index (κ1) is 12.6. The molecule has 1 heterocycles. The van der Waals surface area contributed by atoms with E-state index in [1.54, 1.807) is 10.9 Å². The second-order valence-corrected chi connectivity index (χ2v) is 4.78. The Hall–Kier alpha value is -1.43. The lowest BCUT2D eigenvalue weighted by Crippen LogP contribution is -2.44. The molecule has 0 aromatic carbocycles. The van der Waals surface area contributed by atoms with E-state index in [0.717, 1.165) is 5.82 Å². The Labute approximate surface area is 94.9 Å². The van der Waals surface area contributed by atoms with Gasteiger partial charge in [-0.15, -0.1) is 10.2 Å². The molecule has 0 aliphatic rings. The van der Waals surface area contributed by atoms with Crippen molar-refractivity contribution < 1.29 is 9.90 Å². The summed E-state index contributed by atoms with van der Waals surface area (Å²) in [4.78, 5) is 12.6. The zero-order chi connectivity index (χ0) is 12.3. The van der Waals surface area contributed by atoms with Gasteiger partial charge in [0.05, 0.1) is 13.1 Å². The monoisotopic (exact) mass is 226 g/mol. The molecule has 0 saturated heterocycles. The van der Waals surface area contributed by atoms with Crippen LogP contribution in [0.1, 0.15) is 26.6 Å². The van der Waals surface area contributed by atoms with Crippen molar-refractivity contribution in [2.75, 3.05) is 6.54 Å². The number of aromatic nitrogens is 3. The molecule has 0 bridgehead atoms. The van der Waals surface area contributed by atoms with Crippen molar-refractivity contribution >= 4 is 5.97 Å². The van der Waals surface area contributed by atoms with Gasteiger partial charge in [0.25, 0.3) is 0 Å². The topological polar surface area (TPSA) is 71.2 Å². The molecule has 16 heavy (non-hydrogen) atoms. The first-order chi connectivity index (χ1) is 7.30. The van der Waals surface area contributed by atoms with Crippen molar-refractivity contribution in [3.8, 4) is 0 Å².